The summed E-state index contributed by atoms with van der Waals surface area (Å²) in [6.45, 7) is 1.72. The predicted molar refractivity (Wildman–Crippen MR) is 101 cm³/mol. The first-order valence-corrected chi connectivity index (χ1v) is 9.17. The molecule has 0 spiro atoms. The van der Waals surface area contributed by atoms with Gasteiger partial charge in [-0.15, -0.1) is 11.3 Å². The van der Waals surface area contributed by atoms with E-state index in [1.54, 1.807) is 14.0 Å². The molecule has 0 bridgehead atoms. The number of carbonyl (C=O) groups excluding carboxylic acids is 1. The molecular weight excluding hydrogens is 370 g/mol. The van der Waals surface area contributed by atoms with Crippen LogP contribution in [0, 0.1) is 11.6 Å². The number of carbonyl (C=O) groups is 1. The number of nitrogens with zero attached hydrogens (tertiary/aromatic N) is 1. The molecule has 3 aromatic rings. The summed E-state index contributed by atoms with van der Waals surface area (Å²) in [6, 6.07) is 10.7. The lowest BCUT2D eigenvalue weighted by atomic mass is 10.1. The third-order valence-electron chi connectivity index (χ3n) is 4.05. The van der Waals surface area contributed by atoms with Gasteiger partial charge in [-0.05, 0) is 48.9 Å². The van der Waals surface area contributed by atoms with Gasteiger partial charge in [-0.2, -0.15) is 0 Å². The molecule has 0 fully saturated rings. The van der Waals surface area contributed by atoms with E-state index in [1.807, 2.05) is 29.6 Å². The number of nitrogens with one attached hydrogen (secondary N) is 1. The van der Waals surface area contributed by atoms with Crippen molar-refractivity contribution in [3.63, 3.8) is 0 Å². The van der Waals surface area contributed by atoms with Gasteiger partial charge in [0.1, 0.15) is 10.8 Å². The van der Waals surface area contributed by atoms with E-state index < -0.39 is 17.7 Å². The number of aromatic nitrogens is 1. The maximum atomic E-state index is 13.3. The molecule has 2 aromatic carbocycles. The van der Waals surface area contributed by atoms with Gasteiger partial charge >= 0.3 is 0 Å². The van der Waals surface area contributed by atoms with Gasteiger partial charge < -0.3 is 10.1 Å². The molecule has 1 aromatic heterocycles. The lowest BCUT2D eigenvalue weighted by molar-refractivity contribution is -0.121. The fourth-order valence-electron chi connectivity index (χ4n) is 2.58. The summed E-state index contributed by atoms with van der Waals surface area (Å²) < 4.78 is 31.5. The lowest BCUT2D eigenvalue weighted by Crippen LogP contribution is -2.28. The zero-order valence-electron chi connectivity index (χ0n) is 14.8. The van der Waals surface area contributed by atoms with Gasteiger partial charge in [0.05, 0.1) is 25.3 Å². The van der Waals surface area contributed by atoms with Crippen LogP contribution in [0.25, 0.3) is 10.6 Å². The number of halogens is 2. The van der Waals surface area contributed by atoms with E-state index in [0.29, 0.717) is 11.3 Å². The van der Waals surface area contributed by atoms with Crippen LogP contribution in [0.4, 0.5) is 8.78 Å². The Labute approximate surface area is 159 Å². The van der Waals surface area contributed by atoms with E-state index in [-0.39, 0.29) is 12.3 Å². The van der Waals surface area contributed by atoms with Gasteiger partial charge in [0.25, 0.3) is 0 Å². The molecule has 27 heavy (non-hydrogen) atoms. The average Bonchev–Trinajstić information content (AvgIpc) is 3.12. The van der Waals surface area contributed by atoms with E-state index >= 15 is 0 Å². The molecule has 140 valence electrons. The van der Waals surface area contributed by atoms with Crippen molar-refractivity contribution in [2.75, 3.05) is 7.11 Å². The zero-order valence-corrected chi connectivity index (χ0v) is 15.6. The minimum absolute atomic E-state index is 0.112. The molecule has 1 N–H and O–H groups in total. The molecule has 0 unspecified atom stereocenters. The molecule has 1 heterocycles. The van der Waals surface area contributed by atoms with Crippen molar-refractivity contribution in [3.05, 3.63) is 70.7 Å². The Kier molecular flexibility index (Phi) is 5.81. The summed E-state index contributed by atoms with van der Waals surface area (Å²) in [5.74, 6) is -1.32. The second kappa shape index (κ2) is 8.26. The molecule has 0 saturated carbocycles. The van der Waals surface area contributed by atoms with Gasteiger partial charge in [0.2, 0.25) is 5.91 Å². The summed E-state index contributed by atoms with van der Waals surface area (Å²) in [6.07, 6.45) is 0.112. The van der Waals surface area contributed by atoms with Crippen LogP contribution in [0.15, 0.2) is 47.8 Å². The average molecular weight is 388 g/mol. The maximum absolute atomic E-state index is 13.3. The van der Waals surface area contributed by atoms with Gasteiger partial charge in [-0.3, -0.25) is 4.79 Å². The molecule has 3 rings (SSSR count). The number of benzene rings is 2. The minimum Gasteiger partial charge on any atom is -0.497 e. The molecule has 0 aliphatic carbocycles. The molecule has 1 atom stereocenters. The summed E-state index contributed by atoms with van der Waals surface area (Å²) in [5.41, 5.74) is 2.10. The number of hydrogen-bond donors (Lipinski definition) is 1. The quantitative estimate of drug-likeness (QED) is 0.676. The highest BCUT2D eigenvalue weighted by Crippen LogP contribution is 2.26. The first-order valence-electron chi connectivity index (χ1n) is 8.29. The maximum Gasteiger partial charge on any atom is 0.226 e. The zero-order chi connectivity index (χ0) is 19.4. The molecule has 0 aliphatic rings. The Hall–Kier alpha value is -2.80. The smallest absolute Gasteiger partial charge is 0.226 e. The molecule has 0 saturated heterocycles. The van der Waals surface area contributed by atoms with Gasteiger partial charge in [-0.25, -0.2) is 13.8 Å². The normalized spacial score (nSPS) is 11.9. The number of ether oxygens (including phenoxy) is 1. The summed E-state index contributed by atoms with van der Waals surface area (Å²) in [5, 5.41) is 5.42. The van der Waals surface area contributed by atoms with Crippen LogP contribution in [0.1, 0.15) is 24.2 Å². The number of methoxy groups -OCH3 is 1. The summed E-state index contributed by atoms with van der Waals surface area (Å²) >= 11 is 1.45. The van der Waals surface area contributed by atoms with Crippen molar-refractivity contribution in [1.29, 1.82) is 0 Å². The molecule has 1 amide bonds. The Balaban J connectivity index is 1.62. The minimum atomic E-state index is -0.933. The van der Waals surface area contributed by atoms with Crippen LogP contribution in [0.3, 0.4) is 0 Å². The highest BCUT2D eigenvalue weighted by atomic mass is 32.1. The van der Waals surface area contributed by atoms with Crippen molar-refractivity contribution in [3.8, 4) is 16.3 Å². The van der Waals surface area contributed by atoms with Crippen LogP contribution in [-0.2, 0) is 11.2 Å². The highest BCUT2D eigenvalue weighted by Gasteiger charge is 2.14. The largest absolute Gasteiger partial charge is 0.497 e. The molecular formula is C20H18F2N2O2S. The molecule has 0 radical (unpaired) electrons. The number of hydrogen-bond acceptors (Lipinski definition) is 4. The SMILES string of the molecule is COc1ccc(-c2nc(CC(=O)N[C@@H](C)c3ccc(F)c(F)c3)cs2)cc1. The monoisotopic (exact) mass is 388 g/mol. The fraction of sp³-hybridized carbons (Fsp3) is 0.200. The third kappa shape index (κ3) is 4.68. The number of rotatable bonds is 6. The van der Waals surface area contributed by atoms with E-state index in [0.717, 1.165) is 28.5 Å². The summed E-state index contributed by atoms with van der Waals surface area (Å²) in [7, 11) is 1.61. The second-order valence-corrected chi connectivity index (χ2v) is 6.87. The Morgan fingerprint density at radius 1 is 1.19 bits per heavy atom. The number of amides is 1. The molecule has 4 nitrogen and oxygen atoms in total. The molecule has 0 aliphatic heterocycles. The van der Waals surface area contributed by atoms with Crippen LogP contribution in [-0.4, -0.2) is 18.0 Å². The van der Waals surface area contributed by atoms with E-state index in [2.05, 4.69) is 10.3 Å². The highest BCUT2D eigenvalue weighted by molar-refractivity contribution is 7.13. The lowest BCUT2D eigenvalue weighted by Gasteiger charge is -2.14. The van der Waals surface area contributed by atoms with Crippen LogP contribution >= 0.6 is 11.3 Å². The fourth-order valence-corrected chi connectivity index (χ4v) is 3.40. The first-order chi connectivity index (χ1) is 13.0. The standard InChI is InChI=1S/C20H18F2N2O2S/c1-12(14-5-8-17(21)18(22)9-14)23-19(25)10-15-11-27-20(24-15)13-3-6-16(26-2)7-4-13/h3-9,11-12H,10H2,1-2H3,(H,23,25)/t12-/m0/s1. The van der Waals surface area contributed by atoms with Crippen LogP contribution in [0.2, 0.25) is 0 Å². The third-order valence-corrected chi connectivity index (χ3v) is 4.99. The van der Waals surface area contributed by atoms with Crippen molar-refractivity contribution in [1.82, 2.24) is 10.3 Å². The Morgan fingerprint density at radius 3 is 2.59 bits per heavy atom. The molecule has 7 heteroatoms. The van der Waals surface area contributed by atoms with Crippen LogP contribution < -0.4 is 10.1 Å². The second-order valence-electron chi connectivity index (χ2n) is 6.01. The van der Waals surface area contributed by atoms with E-state index in [9.17, 15) is 13.6 Å². The van der Waals surface area contributed by atoms with Crippen molar-refractivity contribution < 1.29 is 18.3 Å². The van der Waals surface area contributed by atoms with Gasteiger partial charge in [0, 0.05) is 10.9 Å². The van der Waals surface area contributed by atoms with Crippen LogP contribution in [0.5, 0.6) is 5.75 Å². The van der Waals surface area contributed by atoms with Crippen molar-refractivity contribution >= 4 is 17.2 Å². The number of thiazole rings is 1. The summed E-state index contributed by atoms with van der Waals surface area (Å²) in [4.78, 5) is 16.7. The van der Waals surface area contributed by atoms with E-state index in [1.165, 1.54) is 17.4 Å². The topological polar surface area (TPSA) is 51.2 Å². The Morgan fingerprint density at radius 2 is 1.93 bits per heavy atom. The van der Waals surface area contributed by atoms with Crippen molar-refractivity contribution in [2.45, 2.75) is 19.4 Å². The predicted octanol–water partition coefficient (Wildman–Crippen LogP) is 4.52. The van der Waals surface area contributed by atoms with Gasteiger partial charge in [-0.1, -0.05) is 6.07 Å². The van der Waals surface area contributed by atoms with E-state index in [4.69, 9.17) is 4.74 Å². The van der Waals surface area contributed by atoms with Crippen molar-refractivity contribution in [2.24, 2.45) is 0 Å². The Bertz CT molecular complexity index is 941. The first kappa shape index (κ1) is 19.0. The van der Waals surface area contributed by atoms with Gasteiger partial charge in [0.15, 0.2) is 11.6 Å².